The molecule has 0 saturated heterocycles. The van der Waals surface area contributed by atoms with Crippen LogP contribution in [0.2, 0.25) is 0 Å². The van der Waals surface area contributed by atoms with Crippen LogP contribution in [0.5, 0.6) is 5.75 Å². The van der Waals surface area contributed by atoms with Crippen molar-refractivity contribution in [2.45, 2.75) is 44.1 Å². The quantitative estimate of drug-likeness (QED) is 0.239. The highest BCUT2D eigenvalue weighted by atomic mass is 79.9. The van der Waals surface area contributed by atoms with Gasteiger partial charge in [0.05, 0.1) is 37.1 Å². The number of aliphatic hydroxyl groups is 1. The van der Waals surface area contributed by atoms with E-state index in [0.29, 0.717) is 33.8 Å². The van der Waals surface area contributed by atoms with E-state index >= 15 is 0 Å². The lowest BCUT2D eigenvalue weighted by atomic mass is 9.82. The van der Waals surface area contributed by atoms with Gasteiger partial charge < -0.3 is 31.3 Å². The van der Waals surface area contributed by atoms with Crippen LogP contribution in [0.15, 0.2) is 45.9 Å². The van der Waals surface area contributed by atoms with Gasteiger partial charge in [-0.2, -0.15) is 5.26 Å². The average molecular weight is 600 g/mol. The molecule has 206 valence electrons. The number of carbonyl (C=O) groups excluding carboxylic acids is 2. The molecule has 0 spiro atoms. The Kier molecular flexibility index (Phi) is 9.66. The lowest BCUT2D eigenvalue weighted by Crippen LogP contribution is -2.42. The summed E-state index contributed by atoms with van der Waals surface area (Å²) in [6.45, 7) is 3.67. The highest BCUT2D eigenvalue weighted by Crippen LogP contribution is 2.32. The number of phenolic OH excluding ortho intramolecular Hbond substituents is 1. The Morgan fingerprint density at radius 1 is 1.21 bits per heavy atom. The average Bonchev–Trinajstić information content (AvgIpc) is 2.87. The third-order valence-corrected chi connectivity index (χ3v) is 6.60. The number of Topliss-reactive ketones (excluding diaryl/α,β-unsaturated/α-hetero) is 1. The van der Waals surface area contributed by atoms with E-state index in [4.69, 9.17) is 0 Å². The molecule has 12 heteroatoms. The monoisotopic (exact) mass is 599 g/mol. The summed E-state index contributed by atoms with van der Waals surface area (Å²) in [5, 5.41) is 46.9. The van der Waals surface area contributed by atoms with E-state index < -0.39 is 29.3 Å². The van der Waals surface area contributed by atoms with E-state index in [1.54, 1.807) is 32.0 Å². The smallest absolute Gasteiger partial charge is 0.303 e. The van der Waals surface area contributed by atoms with Gasteiger partial charge in [-0.25, -0.2) is 0 Å². The van der Waals surface area contributed by atoms with Gasteiger partial charge in [0.2, 0.25) is 0 Å². The van der Waals surface area contributed by atoms with Gasteiger partial charge in [0.1, 0.15) is 5.75 Å². The van der Waals surface area contributed by atoms with Gasteiger partial charge in [-0.05, 0) is 49.2 Å². The number of aromatic hydroxyl groups is 1. The summed E-state index contributed by atoms with van der Waals surface area (Å²) < 4.78 is 0.660. The molecule has 3 rings (SSSR count). The fourth-order valence-electron chi connectivity index (χ4n) is 3.99. The van der Waals surface area contributed by atoms with Crippen LogP contribution in [0.1, 0.15) is 54.1 Å². The number of anilines is 1. The number of hydrogen-bond acceptors (Lipinski definition) is 9. The van der Waals surface area contributed by atoms with Crippen LogP contribution in [-0.2, 0) is 15.0 Å². The topological polar surface area (TPSA) is 184 Å². The van der Waals surface area contributed by atoms with E-state index in [0.717, 1.165) is 0 Å². The third kappa shape index (κ3) is 8.53. The summed E-state index contributed by atoms with van der Waals surface area (Å²) >= 11 is 3.41. The maximum Gasteiger partial charge on any atom is 0.303 e. The number of aliphatic imine (C=N–C) groups is 1. The number of rotatable bonds is 10. The normalized spacial score (nSPS) is 15.8. The zero-order valence-electron chi connectivity index (χ0n) is 21.5. The van der Waals surface area contributed by atoms with Crippen molar-refractivity contribution in [3.63, 3.8) is 0 Å². The predicted molar refractivity (Wildman–Crippen MR) is 148 cm³/mol. The number of guanidine groups is 1. The molecule has 0 saturated carbocycles. The fraction of sp³-hybridized carbons (Fsp3) is 0.370. The number of β-amino-alcohol motifs (C(OH)–C–C–N with tert-alkyl or cyclic N) is 1. The third-order valence-electron chi connectivity index (χ3n) is 6.14. The molecular weight excluding hydrogens is 570 g/mol. The summed E-state index contributed by atoms with van der Waals surface area (Å²) in [5.41, 5.74) is 0.936. The standard InChI is InChI=1S/C27H30BrN5O6/c1-27(2,14-29)18-3-15(4-19(28)9-18)16(8-24(37)38)6-22(35)11-30-25(39)17-5-20(10-21(34)7-17)33-26-31-12-23(36)13-32-26/h3-5,7,9-10,16,23,34,36H,6,8,11-13H2,1-2H3,(H,30,39)(H,37,38)(H2,31,32,33)/t16-/m0/s1. The molecule has 2 atom stereocenters. The van der Waals surface area contributed by atoms with Crippen LogP contribution >= 0.6 is 15.9 Å². The molecule has 1 amide bonds. The number of ketones is 1. The van der Waals surface area contributed by atoms with Gasteiger partial charge in [-0.3, -0.25) is 19.4 Å². The SMILES string of the molecule is CC(C)(C#N)c1cc(Br)cc([C@H](CC(=O)O)CC(=O)CNC(=O)c2cc(O)cc(NC3=NCC(O)CN3)c2)c1. The molecule has 0 radical (unpaired) electrons. The lowest BCUT2D eigenvalue weighted by molar-refractivity contribution is -0.137. The van der Waals surface area contributed by atoms with Crippen LogP contribution in [0, 0.1) is 11.3 Å². The molecule has 0 bridgehead atoms. The van der Waals surface area contributed by atoms with E-state index in [9.17, 15) is 35.0 Å². The second kappa shape index (κ2) is 12.7. The Labute approximate surface area is 234 Å². The second-order valence-corrected chi connectivity index (χ2v) is 10.8. The van der Waals surface area contributed by atoms with Crippen molar-refractivity contribution in [2.24, 2.45) is 4.99 Å². The molecule has 1 heterocycles. The number of benzene rings is 2. The molecule has 1 unspecified atom stereocenters. The van der Waals surface area contributed by atoms with Crippen LogP contribution in [0.25, 0.3) is 0 Å². The van der Waals surface area contributed by atoms with Crippen molar-refractivity contribution < 1.29 is 29.7 Å². The number of halogens is 1. The van der Waals surface area contributed by atoms with Crippen LogP contribution < -0.4 is 16.0 Å². The molecule has 1 aliphatic heterocycles. The first-order chi connectivity index (χ1) is 18.4. The van der Waals surface area contributed by atoms with Crippen LogP contribution in [0.3, 0.4) is 0 Å². The van der Waals surface area contributed by atoms with Gasteiger partial charge >= 0.3 is 5.97 Å². The van der Waals surface area contributed by atoms with Crippen molar-refractivity contribution in [1.29, 1.82) is 5.26 Å². The van der Waals surface area contributed by atoms with E-state index in [-0.39, 0.29) is 43.0 Å². The number of amides is 1. The molecule has 6 N–H and O–H groups in total. The number of hydrogen-bond donors (Lipinski definition) is 6. The first kappa shape index (κ1) is 29.6. The second-order valence-electron chi connectivity index (χ2n) is 9.85. The van der Waals surface area contributed by atoms with Gasteiger partial charge in [0.15, 0.2) is 11.7 Å². The number of carboxylic acid groups (broad SMARTS) is 1. The molecule has 0 aliphatic carbocycles. The maximum atomic E-state index is 12.8. The minimum Gasteiger partial charge on any atom is -0.508 e. The minimum absolute atomic E-state index is 0.0965. The molecule has 0 aromatic heterocycles. The van der Waals surface area contributed by atoms with Crippen molar-refractivity contribution >= 4 is 45.2 Å². The minimum atomic E-state index is -1.08. The van der Waals surface area contributed by atoms with Crippen LogP contribution in [0.4, 0.5) is 5.69 Å². The number of aliphatic hydroxyl groups excluding tert-OH is 1. The fourth-order valence-corrected chi connectivity index (χ4v) is 4.50. The van der Waals surface area contributed by atoms with E-state index in [1.165, 1.54) is 18.2 Å². The van der Waals surface area contributed by atoms with Crippen molar-refractivity contribution in [2.75, 3.05) is 25.0 Å². The highest BCUT2D eigenvalue weighted by molar-refractivity contribution is 9.10. The Morgan fingerprint density at radius 2 is 1.95 bits per heavy atom. The largest absolute Gasteiger partial charge is 0.508 e. The Balaban J connectivity index is 1.69. The van der Waals surface area contributed by atoms with E-state index in [2.05, 4.69) is 42.9 Å². The number of phenols is 1. The molecule has 39 heavy (non-hydrogen) atoms. The van der Waals surface area contributed by atoms with Gasteiger partial charge in [-0.1, -0.05) is 22.0 Å². The Bertz CT molecular complexity index is 1340. The summed E-state index contributed by atoms with van der Waals surface area (Å²) in [7, 11) is 0. The maximum absolute atomic E-state index is 12.8. The zero-order valence-corrected chi connectivity index (χ0v) is 23.1. The number of nitriles is 1. The van der Waals surface area contributed by atoms with Crippen molar-refractivity contribution in [3.8, 4) is 11.8 Å². The molecule has 0 fully saturated rings. The number of nitrogens with zero attached hydrogens (tertiary/aromatic N) is 2. The first-order valence-corrected chi connectivity index (χ1v) is 13.0. The summed E-state index contributed by atoms with van der Waals surface area (Å²) in [4.78, 5) is 41.2. The lowest BCUT2D eigenvalue weighted by Gasteiger charge is -2.21. The summed E-state index contributed by atoms with van der Waals surface area (Å²) in [6.07, 6.45) is -1.04. The van der Waals surface area contributed by atoms with Crippen LogP contribution in [-0.4, -0.2) is 64.7 Å². The molecule has 11 nitrogen and oxygen atoms in total. The summed E-state index contributed by atoms with van der Waals surface area (Å²) in [6, 6.07) is 11.6. The van der Waals surface area contributed by atoms with E-state index in [1.807, 2.05) is 0 Å². The van der Waals surface area contributed by atoms with Gasteiger partial charge in [-0.15, -0.1) is 0 Å². The number of carbonyl (C=O) groups is 3. The molecule has 1 aliphatic rings. The molecular formula is C27H30BrN5O6. The van der Waals surface area contributed by atoms with Gasteiger partial charge in [0.25, 0.3) is 5.91 Å². The van der Waals surface area contributed by atoms with Crippen molar-refractivity contribution in [3.05, 3.63) is 57.6 Å². The number of aliphatic carboxylic acids is 1. The first-order valence-electron chi connectivity index (χ1n) is 12.2. The number of nitrogens with one attached hydrogen (secondary N) is 3. The predicted octanol–water partition coefficient (Wildman–Crippen LogP) is 2.64. The Morgan fingerprint density at radius 3 is 2.59 bits per heavy atom. The van der Waals surface area contributed by atoms with Crippen molar-refractivity contribution in [1.82, 2.24) is 10.6 Å². The summed E-state index contributed by atoms with van der Waals surface area (Å²) in [5.74, 6) is -2.54. The highest BCUT2D eigenvalue weighted by Gasteiger charge is 2.25. The van der Waals surface area contributed by atoms with Gasteiger partial charge in [0, 0.05) is 40.7 Å². The number of carboxylic acids is 1. The molecule has 2 aromatic rings. The Hall–Kier alpha value is -3.95. The zero-order chi connectivity index (χ0) is 28.7. The molecule has 2 aromatic carbocycles.